The van der Waals surface area contributed by atoms with E-state index in [0.29, 0.717) is 0 Å². The number of carboxylic acid groups (broad SMARTS) is 1. The number of hydroxylamine groups is 1. The second-order valence-electron chi connectivity index (χ2n) is 1.89. The van der Waals surface area contributed by atoms with Gasteiger partial charge < -0.3 is 5.11 Å². The average Bonchev–Trinajstić information content (AvgIpc) is 1.98. The normalized spacial score (nSPS) is 11.7. The molecule has 0 aromatic heterocycles. The van der Waals surface area contributed by atoms with Gasteiger partial charge in [0, 0.05) is 0 Å². The van der Waals surface area contributed by atoms with Gasteiger partial charge >= 0.3 is 5.97 Å². The molecule has 5 heteroatoms. The fourth-order valence-corrected chi connectivity index (χ4v) is 0.565. The van der Waals surface area contributed by atoms with Crippen LogP contribution in [0.25, 0.3) is 0 Å². The molecule has 1 unspecified atom stereocenters. The van der Waals surface area contributed by atoms with Crippen LogP contribution >= 0.6 is 0 Å². The van der Waals surface area contributed by atoms with Crippen LogP contribution in [0.5, 0.6) is 0 Å². The Kier molecular flexibility index (Phi) is 3.90. The number of nitrogens with one attached hydrogen (secondary N) is 1. The van der Waals surface area contributed by atoms with E-state index in [1.807, 2.05) is 0 Å². The summed E-state index contributed by atoms with van der Waals surface area (Å²) in [6, 6.07) is 0. The standard InChI is InChI=1S/C6H9NO4/c1-2-3-4(6(9)10)5(8)7-11/h2,4,11H,1,3H2,(H,7,8)(H,9,10). The quantitative estimate of drug-likeness (QED) is 0.229. The zero-order valence-corrected chi connectivity index (χ0v) is 5.78. The van der Waals surface area contributed by atoms with Crippen molar-refractivity contribution in [3.05, 3.63) is 12.7 Å². The minimum Gasteiger partial charge on any atom is -0.481 e. The number of amides is 1. The van der Waals surface area contributed by atoms with E-state index in [1.165, 1.54) is 11.6 Å². The maximum atomic E-state index is 10.6. The molecule has 62 valence electrons. The Balaban J connectivity index is 4.20. The summed E-state index contributed by atoms with van der Waals surface area (Å²) in [5.74, 6) is -3.47. The molecule has 0 aromatic carbocycles. The molecule has 0 fully saturated rings. The first kappa shape index (κ1) is 9.64. The van der Waals surface area contributed by atoms with Crippen molar-refractivity contribution in [1.29, 1.82) is 0 Å². The highest BCUT2D eigenvalue weighted by Crippen LogP contribution is 2.03. The molecule has 0 bridgehead atoms. The second kappa shape index (κ2) is 4.45. The molecule has 0 spiro atoms. The van der Waals surface area contributed by atoms with Gasteiger partial charge in [-0.15, -0.1) is 6.58 Å². The van der Waals surface area contributed by atoms with Gasteiger partial charge in [0.1, 0.15) is 5.92 Å². The third-order valence-corrected chi connectivity index (χ3v) is 1.13. The lowest BCUT2D eigenvalue weighted by Gasteiger charge is -2.05. The Morgan fingerprint density at radius 2 is 2.18 bits per heavy atom. The predicted molar refractivity (Wildman–Crippen MR) is 35.9 cm³/mol. The van der Waals surface area contributed by atoms with E-state index in [0.717, 1.165) is 0 Å². The Bertz CT molecular complexity index is 177. The van der Waals surface area contributed by atoms with Gasteiger partial charge in [0.2, 0.25) is 0 Å². The van der Waals surface area contributed by atoms with Gasteiger partial charge in [0.25, 0.3) is 5.91 Å². The lowest BCUT2D eigenvalue weighted by Crippen LogP contribution is -2.32. The summed E-state index contributed by atoms with van der Waals surface area (Å²) >= 11 is 0. The van der Waals surface area contributed by atoms with Crippen molar-refractivity contribution < 1.29 is 19.9 Å². The Labute approximate surface area is 63.3 Å². The van der Waals surface area contributed by atoms with Crippen LogP contribution in [0, 0.1) is 5.92 Å². The third-order valence-electron chi connectivity index (χ3n) is 1.13. The number of hydrogen-bond acceptors (Lipinski definition) is 3. The summed E-state index contributed by atoms with van der Waals surface area (Å²) in [4.78, 5) is 20.8. The maximum absolute atomic E-state index is 10.6. The lowest BCUT2D eigenvalue weighted by molar-refractivity contribution is -0.150. The van der Waals surface area contributed by atoms with Crippen LogP contribution in [-0.2, 0) is 9.59 Å². The molecule has 0 saturated heterocycles. The van der Waals surface area contributed by atoms with Crippen LogP contribution in [0.3, 0.4) is 0 Å². The van der Waals surface area contributed by atoms with Crippen LogP contribution in [0.4, 0.5) is 0 Å². The number of aliphatic carboxylic acids is 1. The van der Waals surface area contributed by atoms with Crippen molar-refractivity contribution in [2.24, 2.45) is 5.92 Å². The molecule has 1 amide bonds. The molecule has 0 heterocycles. The fraction of sp³-hybridized carbons (Fsp3) is 0.333. The van der Waals surface area contributed by atoms with E-state index in [9.17, 15) is 9.59 Å². The number of carboxylic acids is 1. The zero-order valence-electron chi connectivity index (χ0n) is 5.78. The molecule has 0 saturated carbocycles. The van der Waals surface area contributed by atoms with Crippen LogP contribution in [0.2, 0.25) is 0 Å². The number of carbonyl (C=O) groups excluding carboxylic acids is 1. The number of hydrogen-bond donors (Lipinski definition) is 3. The highest BCUT2D eigenvalue weighted by molar-refractivity contribution is 5.96. The molecule has 3 N–H and O–H groups in total. The average molecular weight is 159 g/mol. The number of carbonyl (C=O) groups is 2. The summed E-state index contributed by atoms with van der Waals surface area (Å²) in [7, 11) is 0. The molecule has 0 rings (SSSR count). The first-order valence-electron chi connectivity index (χ1n) is 2.91. The predicted octanol–water partition coefficient (Wildman–Crippen LogP) is -0.231. The fourth-order valence-electron chi connectivity index (χ4n) is 0.565. The van der Waals surface area contributed by atoms with Crippen molar-refractivity contribution in [2.75, 3.05) is 0 Å². The summed E-state index contributed by atoms with van der Waals surface area (Å²) in [6.45, 7) is 3.27. The van der Waals surface area contributed by atoms with Gasteiger partial charge in [0.05, 0.1) is 0 Å². The first-order valence-corrected chi connectivity index (χ1v) is 2.91. The van der Waals surface area contributed by atoms with Crippen LogP contribution in [0.1, 0.15) is 6.42 Å². The maximum Gasteiger partial charge on any atom is 0.316 e. The topological polar surface area (TPSA) is 86.6 Å². The molecule has 0 aromatic rings. The molecule has 0 aliphatic heterocycles. The number of allylic oxidation sites excluding steroid dienone is 1. The molecular formula is C6H9NO4. The van der Waals surface area contributed by atoms with Gasteiger partial charge in [0.15, 0.2) is 0 Å². The summed E-state index contributed by atoms with van der Waals surface area (Å²) in [6.07, 6.45) is 1.30. The molecule has 1 atom stereocenters. The third kappa shape index (κ3) is 2.81. The monoisotopic (exact) mass is 159 g/mol. The largest absolute Gasteiger partial charge is 0.481 e. The molecule has 0 aliphatic carbocycles. The summed E-state index contributed by atoms with van der Waals surface area (Å²) in [5.41, 5.74) is 1.26. The SMILES string of the molecule is C=CCC(C(=O)O)C(=O)NO. The van der Waals surface area contributed by atoms with Gasteiger partial charge in [-0.05, 0) is 6.42 Å². The molecule has 11 heavy (non-hydrogen) atoms. The van der Waals surface area contributed by atoms with Gasteiger partial charge in [-0.1, -0.05) is 6.08 Å². The van der Waals surface area contributed by atoms with Crippen molar-refractivity contribution in [2.45, 2.75) is 6.42 Å². The summed E-state index contributed by atoms with van der Waals surface area (Å²) < 4.78 is 0. The molecule has 0 aliphatic rings. The summed E-state index contributed by atoms with van der Waals surface area (Å²) in [5, 5.41) is 16.5. The highest BCUT2D eigenvalue weighted by atomic mass is 16.5. The van der Waals surface area contributed by atoms with E-state index in [-0.39, 0.29) is 6.42 Å². The van der Waals surface area contributed by atoms with Gasteiger partial charge in [-0.2, -0.15) is 0 Å². The molecular weight excluding hydrogens is 150 g/mol. The van der Waals surface area contributed by atoms with Crippen LogP contribution in [-0.4, -0.2) is 22.2 Å². The Morgan fingerprint density at radius 3 is 2.45 bits per heavy atom. The van der Waals surface area contributed by atoms with Crippen molar-refractivity contribution in [1.82, 2.24) is 5.48 Å². The van der Waals surface area contributed by atoms with E-state index in [4.69, 9.17) is 10.3 Å². The van der Waals surface area contributed by atoms with E-state index in [1.54, 1.807) is 0 Å². The lowest BCUT2D eigenvalue weighted by atomic mass is 10.1. The van der Waals surface area contributed by atoms with Crippen molar-refractivity contribution in [3.8, 4) is 0 Å². The molecule has 5 nitrogen and oxygen atoms in total. The minimum absolute atomic E-state index is 0.00171. The Hall–Kier alpha value is -1.36. The zero-order chi connectivity index (χ0) is 8.85. The van der Waals surface area contributed by atoms with Gasteiger partial charge in [-0.25, -0.2) is 5.48 Å². The van der Waals surface area contributed by atoms with Crippen LogP contribution in [0.15, 0.2) is 12.7 Å². The van der Waals surface area contributed by atoms with E-state index >= 15 is 0 Å². The van der Waals surface area contributed by atoms with Gasteiger partial charge in [-0.3, -0.25) is 14.8 Å². The molecule has 0 radical (unpaired) electrons. The van der Waals surface area contributed by atoms with Crippen molar-refractivity contribution >= 4 is 11.9 Å². The van der Waals surface area contributed by atoms with Crippen LogP contribution < -0.4 is 5.48 Å². The first-order chi connectivity index (χ1) is 5.13. The Morgan fingerprint density at radius 1 is 1.64 bits per heavy atom. The smallest absolute Gasteiger partial charge is 0.316 e. The number of rotatable bonds is 4. The van der Waals surface area contributed by atoms with E-state index < -0.39 is 17.8 Å². The second-order valence-corrected chi connectivity index (χ2v) is 1.89. The highest BCUT2D eigenvalue weighted by Gasteiger charge is 2.23. The van der Waals surface area contributed by atoms with E-state index in [2.05, 4.69) is 6.58 Å². The van der Waals surface area contributed by atoms with Crippen molar-refractivity contribution in [3.63, 3.8) is 0 Å². The minimum atomic E-state index is -1.28.